The van der Waals surface area contributed by atoms with Crippen LogP contribution in [0.3, 0.4) is 0 Å². The number of hydrogen-bond acceptors (Lipinski definition) is 5. The van der Waals surface area contributed by atoms with Gasteiger partial charge in [0.2, 0.25) is 5.91 Å². The molecule has 1 aromatic rings. The molecule has 0 saturated heterocycles. The molecule has 1 atom stereocenters. The van der Waals surface area contributed by atoms with Crippen LogP contribution in [0.25, 0.3) is 0 Å². The summed E-state index contributed by atoms with van der Waals surface area (Å²) >= 11 is 2.98. The number of carbonyl (C=O) groups is 1. The van der Waals surface area contributed by atoms with Gasteiger partial charge in [-0.3, -0.25) is 14.0 Å². The maximum absolute atomic E-state index is 11.9. The summed E-state index contributed by atoms with van der Waals surface area (Å²) in [4.78, 5) is 16.1. The summed E-state index contributed by atoms with van der Waals surface area (Å²) in [7, 11) is 1.25. The monoisotopic (exact) mass is 301 g/mol. The van der Waals surface area contributed by atoms with Gasteiger partial charge in [0, 0.05) is 18.3 Å². The molecule has 1 heterocycles. The average molecular weight is 301 g/mol. The van der Waals surface area contributed by atoms with E-state index in [4.69, 9.17) is 22.1 Å². The smallest absolute Gasteiger partial charge is 0.271 e. The van der Waals surface area contributed by atoms with Crippen LogP contribution in [0.5, 0.6) is 0 Å². The van der Waals surface area contributed by atoms with Crippen molar-refractivity contribution in [2.75, 3.05) is 11.4 Å². The van der Waals surface area contributed by atoms with Crippen molar-refractivity contribution in [1.82, 2.24) is 4.98 Å². The number of anilines is 1. The largest absolute Gasteiger partial charge is 0.389 e. The van der Waals surface area contributed by atoms with Crippen LogP contribution in [-0.2, 0) is 20.2 Å². The van der Waals surface area contributed by atoms with Gasteiger partial charge in [-0.25, -0.2) is 8.51 Å². The van der Waals surface area contributed by atoms with Crippen molar-refractivity contribution in [3.8, 4) is 0 Å². The van der Waals surface area contributed by atoms with E-state index >= 15 is 0 Å². The zero-order valence-corrected chi connectivity index (χ0v) is 12.5. The maximum atomic E-state index is 11.9. The van der Waals surface area contributed by atoms with Crippen molar-refractivity contribution < 1.29 is 13.2 Å². The molecule has 0 fully saturated rings. The number of rotatable bonds is 5. The predicted molar refractivity (Wildman–Crippen MR) is 77.8 cm³/mol. The van der Waals surface area contributed by atoms with Crippen LogP contribution in [0.1, 0.15) is 24.6 Å². The summed E-state index contributed by atoms with van der Waals surface area (Å²) in [6.45, 7) is 3.41. The molecule has 0 bridgehead atoms. The fourth-order valence-electron chi connectivity index (χ4n) is 1.42. The molecule has 8 heteroatoms. The SMILES string of the molecule is CCC(=O)N(c1cc(C)ncc1C(N)=S)S(=O)OC. The minimum Gasteiger partial charge on any atom is -0.389 e. The van der Waals surface area contributed by atoms with Crippen LogP contribution in [0.15, 0.2) is 12.3 Å². The Balaban J connectivity index is 3.44. The molecule has 6 nitrogen and oxygen atoms in total. The third kappa shape index (κ3) is 3.55. The minimum absolute atomic E-state index is 0.0736. The zero-order chi connectivity index (χ0) is 14.6. The normalized spacial score (nSPS) is 11.9. The molecule has 1 amide bonds. The van der Waals surface area contributed by atoms with Crippen LogP contribution >= 0.6 is 12.2 Å². The summed E-state index contributed by atoms with van der Waals surface area (Å²) in [6, 6.07) is 1.60. The van der Waals surface area contributed by atoms with E-state index in [1.165, 1.54) is 13.3 Å². The van der Waals surface area contributed by atoms with Crippen molar-refractivity contribution in [3.63, 3.8) is 0 Å². The number of aryl methyl sites for hydroxylation is 1. The van der Waals surface area contributed by atoms with E-state index in [9.17, 15) is 9.00 Å². The van der Waals surface area contributed by atoms with Crippen LogP contribution in [-0.4, -0.2) is 27.2 Å². The van der Waals surface area contributed by atoms with Crippen LogP contribution < -0.4 is 10.0 Å². The second-order valence-electron chi connectivity index (χ2n) is 3.63. The molecular formula is C11H15N3O3S2. The molecule has 1 aromatic heterocycles. The lowest BCUT2D eigenvalue weighted by Gasteiger charge is -2.21. The minimum atomic E-state index is -1.94. The summed E-state index contributed by atoms with van der Waals surface area (Å²) in [5.41, 5.74) is 6.97. The van der Waals surface area contributed by atoms with Gasteiger partial charge in [0.15, 0.2) is 0 Å². The van der Waals surface area contributed by atoms with Gasteiger partial charge < -0.3 is 5.73 Å². The van der Waals surface area contributed by atoms with Crippen molar-refractivity contribution in [2.45, 2.75) is 20.3 Å². The van der Waals surface area contributed by atoms with Gasteiger partial charge in [-0.1, -0.05) is 19.1 Å². The quantitative estimate of drug-likeness (QED) is 0.816. The van der Waals surface area contributed by atoms with E-state index in [2.05, 4.69) is 4.98 Å². The van der Waals surface area contributed by atoms with E-state index in [1.807, 2.05) is 0 Å². The Morgan fingerprint density at radius 1 is 1.63 bits per heavy atom. The highest BCUT2D eigenvalue weighted by molar-refractivity contribution is 7.82. The number of pyridine rings is 1. The van der Waals surface area contributed by atoms with Crippen LogP contribution in [0.4, 0.5) is 5.69 Å². The van der Waals surface area contributed by atoms with Gasteiger partial charge in [0.1, 0.15) is 4.99 Å². The number of nitrogens with zero attached hydrogens (tertiary/aromatic N) is 2. The van der Waals surface area contributed by atoms with Crippen LogP contribution in [0, 0.1) is 6.92 Å². The Hall–Kier alpha value is -1.38. The lowest BCUT2D eigenvalue weighted by molar-refractivity contribution is -0.117. The predicted octanol–water partition coefficient (Wildman–Crippen LogP) is 0.992. The fraction of sp³-hybridized carbons (Fsp3) is 0.364. The van der Waals surface area contributed by atoms with Gasteiger partial charge in [0.05, 0.1) is 18.4 Å². The summed E-state index contributed by atoms with van der Waals surface area (Å²) in [5, 5.41) is 0. The first-order valence-corrected chi connectivity index (χ1v) is 6.92. The molecule has 1 unspecified atom stereocenters. The molecule has 19 heavy (non-hydrogen) atoms. The molecule has 0 aromatic carbocycles. The first-order valence-electron chi connectivity index (χ1n) is 5.48. The molecule has 104 valence electrons. The standard InChI is InChI=1S/C11H15N3O3S2/c1-4-10(15)14(19(16)17-3)9-5-7(2)13-6-8(9)11(12)18/h5-6H,4H2,1-3H3,(H2,12,18). The highest BCUT2D eigenvalue weighted by Crippen LogP contribution is 2.23. The Labute approximate surface area is 119 Å². The van der Waals surface area contributed by atoms with E-state index in [0.717, 1.165) is 4.31 Å². The number of amides is 1. The summed E-state index contributed by atoms with van der Waals surface area (Å²) in [5.74, 6) is -0.358. The van der Waals surface area contributed by atoms with Gasteiger partial charge in [0.25, 0.3) is 11.3 Å². The van der Waals surface area contributed by atoms with Gasteiger partial charge >= 0.3 is 0 Å². The third-order valence-corrected chi connectivity index (χ3v) is 3.53. The highest BCUT2D eigenvalue weighted by atomic mass is 32.2. The number of aromatic nitrogens is 1. The molecule has 0 spiro atoms. The molecule has 0 aliphatic heterocycles. The van der Waals surface area contributed by atoms with Gasteiger partial charge in [-0.2, -0.15) is 0 Å². The number of hydrogen-bond donors (Lipinski definition) is 1. The Bertz CT molecular complexity index is 518. The molecule has 0 radical (unpaired) electrons. The van der Waals surface area contributed by atoms with E-state index in [-0.39, 0.29) is 17.3 Å². The molecule has 1 rings (SSSR count). The molecule has 0 aliphatic rings. The van der Waals surface area contributed by atoms with E-state index in [0.29, 0.717) is 16.9 Å². The molecule has 2 N–H and O–H groups in total. The van der Waals surface area contributed by atoms with Crippen molar-refractivity contribution in [1.29, 1.82) is 0 Å². The van der Waals surface area contributed by atoms with Crippen molar-refractivity contribution >= 4 is 40.1 Å². The lowest BCUT2D eigenvalue weighted by Crippen LogP contribution is -2.34. The second kappa shape index (κ2) is 6.69. The van der Waals surface area contributed by atoms with Crippen molar-refractivity contribution in [2.24, 2.45) is 5.73 Å². The van der Waals surface area contributed by atoms with Crippen molar-refractivity contribution in [3.05, 3.63) is 23.5 Å². The van der Waals surface area contributed by atoms with Gasteiger partial charge in [-0.05, 0) is 13.0 Å². The Kier molecular flexibility index (Phi) is 5.52. The third-order valence-electron chi connectivity index (χ3n) is 2.32. The first kappa shape index (κ1) is 15.7. The molecule has 0 aliphatic carbocycles. The molecular weight excluding hydrogens is 286 g/mol. The zero-order valence-electron chi connectivity index (χ0n) is 10.9. The Morgan fingerprint density at radius 2 is 2.26 bits per heavy atom. The van der Waals surface area contributed by atoms with Gasteiger partial charge in [-0.15, -0.1) is 0 Å². The second-order valence-corrected chi connectivity index (χ2v) is 5.21. The molecule has 0 saturated carbocycles. The lowest BCUT2D eigenvalue weighted by atomic mass is 10.2. The maximum Gasteiger partial charge on any atom is 0.271 e. The number of carbonyl (C=O) groups excluding carboxylic acids is 1. The topological polar surface area (TPSA) is 85.5 Å². The highest BCUT2D eigenvalue weighted by Gasteiger charge is 2.25. The summed E-state index contributed by atoms with van der Waals surface area (Å²) < 4.78 is 17.7. The summed E-state index contributed by atoms with van der Waals surface area (Å²) in [6.07, 6.45) is 1.63. The Morgan fingerprint density at radius 3 is 2.74 bits per heavy atom. The van der Waals surface area contributed by atoms with Crippen LogP contribution in [0.2, 0.25) is 0 Å². The number of nitrogens with two attached hydrogens (primary N) is 1. The number of thiocarbonyl (C=S) groups is 1. The first-order chi connectivity index (χ1) is 8.92. The van der Waals surface area contributed by atoms with E-state index < -0.39 is 11.3 Å². The van der Waals surface area contributed by atoms with E-state index in [1.54, 1.807) is 19.9 Å². The fourth-order valence-corrected chi connectivity index (χ4v) is 2.33. The average Bonchev–Trinajstić information content (AvgIpc) is 2.38.